The standard InChI is InChI=1S/C12H16N4/c1-16-12-3-2-9(6-10(12)7-15-16)11-8-13-4-5-14-11/h2-3,6-7,11,13-14H,4-5,8H2,1H3. The highest BCUT2D eigenvalue weighted by Crippen LogP contribution is 2.20. The maximum atomic E-state index is 4.26. The van der Waals surface area contributed by atoms with Crippen LogP contribution in [-0.2, 0) is 7.05 Å². The smallest absolute Gasteiger partial charge is 0.0679 e. The molecule has 16 heavy (non-hydrogen) atoms. The summed E-state index contributed by atoms with van der Waals surface area (Å²) in [5.74, 6) is 0. The van der Waals surface area contributed by atoms with Crippen LogP contribution in [0.5, 0.6) is 0 Å². The van der Waals surface area contributed by atoms with Gasteiger partial charge in [-0.15, -0.1) is 0 Å². The summed E-state index contributed by atoms with van der Waals surface area (Å²) in [5, 5.41) is 12.4. The topological polar surface area (TPSA) is 41.9 Å². The molecule has 0 bridgehead atoms. The number of hydrogen-bond acceptors (Lipinski definition) is 3. The number of aryl methyl sites for hydroxylation is 1. The Morgan fingerprint density at radius 2 is 2.31 bits per heavy atom. The minimum atomic E-state index is 0.429. The average molecular weight is 216 g/mol. The molecule has 0 saturated carbocycles. The SMILES string of the molecule is Cn1ncc2cc(C3CNCCN3)ccc21. The van der Waals surface area contributed by atoms with Gasteiger partial charge in [-0.05, 0) is 17.7 Å². The second-order valence-electron chi connectivity index (χ2n) is 4.30. The summed E-state index contributed by atoms with van der Waals surface area (Å²) < 4.78 is 1.91. The molecule has 3 rings (SSSR count). The summed E-state index contributed by atoms with van der Waals surface area (Å²) in [6.45, 7) is 3.10. The van der Waals surface area contributed by atoms with Gasteiger partial charge in [-0.2, -0.15) is 5.10 Å². The highest BCUT2D eigenvalue weighted by atomic mass is 15.2. The summed E-state index contributed by atoms with van der Waals surface area (Å²) in [6.07, 6.45) is 1.93. The average Bonchev–Trinajstić information content (AvgIpc) is 2.72. The third kappa shape index (κ3) is 1.60. The summed E-state index contributed by atoms with van der Waals surface area (Å²) in [6, 6.07) is 6.99. The number of nitrogens with zero attached hydrogens (tertiary/aromatic N) is 2. The van der Waals surface area contributed by atoms with E-state index in [4.69, 9.17) is 0 Å². The lowest BCUT2D eigenvalue weighted by Crippen LogP contribution is -2.42. The van der Waals surface area contributed by atoms with E-state index in [1.807, 2.05) is 17.9 Å². The molecular weight excluding hydrogens is 200 g/mol. The minimum Gasteiger partial charge on any atom is -0.314 e. The Hall–Kier alpha value is -1.39. The first-order valence-corrected chi connectivity index (χ1v) is 5.70. The highest BCUT2D eigenvalue weighted by molar-refractivity contribution is 5.79. The number of hydrogen-bond donors (Lipinski definition) is 2. The molecule has 1 aliphatic heterocycles. The molecule has 1 fully saturated rings. The van der Waals surface area contributed by atoms with Crippen LogP contribution in [0.3, 0.4) is 0 Å². The van der Waals surface area contributed by atoms with Crippen molar-refractivity contribution < 1.29 is 0 Å². The van der Waals surface area contributed by atoms with Gasteiger partial charge in [-0.1, -0.05) is 6.07 Å². The van der Waals surface area contributed by atoms with Gasteiger partial charge >= 0.3 is 0 Å². The lowest BCUT2D eigenvalue weighted by Gasteiger charge is -2.24. The Kier molecular flexibility index (Phi) is 2.38. The van der Waals surface area contributed by atoms with E-state index >= 15 is 0 Å². The first-order valence-electron chi connectivity index (χ1n) is 5.70. The molecule has 2 heterocycles. The van der Waals surface area contributed by atoms with Crippen molar-refractivity contribution >= 4 is 10.9 Å². The Labute approximate surface area is 94.6 Å². The van der Waals surface area contributed by atoms with Crippen LogP contribution in [0.15, 0.2) is 24.4 Å². The van der Waals surface area contributed by atoms with E-state index in [1.165, 1.54) is 16.5 Å². The zero-order valence-corrected chi connectivity index (χ0v) is 9.40. The van der Waals surface area contributed by atoms with Crippen LogP contribution >= 0.6 is 0 Å². The van der Waals surface area contributed by atoms with Gasteiger partial charge in [-0.25, -0.2) is 0 Å². The maximum absolute atomic E-state index is 4.26. The van der Waals surface area contributed by atoms with Crippen molar-refractivity contribution in [2.24, 2.45) is 7.05 Å². The molecule has 0 radical (unpaired) electrons. The third-order valence-corrected chi connectivity index (χ3v) is 3.21. The van der Waals surface area contributed by atoms with Crippen molar-refractivity contribution in [3.05, 3.63) is 30.0 Å². The van der Waals surface area contributed by atoms with Crippen LogP contribution in [-0.4, -0.2) is 29.4 Å². The quantitative estimate of drug-likeness (QED) is 0.741. The van der Waals surface area contributed by atoms with Gasteiger partial charge in [0.15, 0.2) is 0 Å². The molecule has 4 nitrogen and oxygen atoms in total. The third-order valence-electron chi connectivity index (χ3n) is 3.21. The van der Waals surface area contributed by atoms with E-state index in [0.29, 0.717) is 6.04 Å². The van der Waals surface area contributed by atoms with E-state index < -0.39 is 0 Å². The molecule has 1 atom stereocenters. The van der Waals surface area contributed by atoms with Gasteiger partial charge in [0.2, 0.25) is 0 Å². The normalized spacial score (nSPS) is 21.4. The van der Waals surface area contributed by atoms with E-state index in [9.17, 15) is 0 Å². The van der Waals surface area contributed by atoms with Gasteiger partial charge in [0.05, 0.1) is 11.7 Å². The van der Waals surface area contributed by atoms with Gasteiger partial charge in [0, 0.05) is 38.1 Å². The second kappa shape index (κ2) is 3.88. The fourth-order valence-corrected chi connectivity index (χ4v) is 2.29. The predicted molar refractivity (Wildman–Crippen MR) is 64.3 cm³/mol. The largest absolute Gasteiger partial charge is 0.314 e. The van der Waals surface area contributed by atoms with Crippen molar-refractivity contribution in [1.82, 2.24) is 20.4 Å². The Balaban J connectivity index is 1.97. The fourth-order valence-electron chi connectivity index (χ4n) is 2.29. The summed E-state index contributed by atoms with van der Waals surface area (Å²) in [4.78, 5) is 0. The van der Waals surface area contributed by atoms with E-state index in [0.717, 1.165) is 19.6 Å². The minimum absolute atomic E-state index is 0.429. The molecule has 1 aromatic carbocycles. The summed E-state index contributed by atoms with van der Waals surface area (Å²) in [5.41, 5.74) is 2.53. The van der Waals surface area contributed by atoms with Crippen LogP contribution in [0, 0.1) is 0 Å². The lowest BCUT2D eigenvalue weighted by molar-refractivity contribution is 0.430. The monoisotopic (exact) mass is 216 g/mol. The molecule has 1 unspecified atom stereocenters. The van der Waals surface area contributed by atoms with Gasteiger partial charge in [0.1, 0.15) is 0 Å². The molecule has 84 valence electrons. The van der Waals surface area contributed by atoms with Crippen LogP contribution in [0.2, 0.25) is 0 Å². The lowest BCUT2D eigenvalue weighted by atomic mass is 10.0. The zero-order valence-electron chi connectivity index (χ0n) is 9.40. The Bertz CT molecular complexity index is 497. The summed E-state index contributed by atoms with van der Waals surface area (Å²) >= 11 is 0. The van der Waals surface area contributed by atoms with Crippen molar-refractivity contribution in [1.29, 1.82) is 0 Å². The molecule has 0 spiro atoms. The van der Waals surface area contributed by atoms with Crippen LogP contribution < -0.4 is 10.6 Å². The molecule has 4 heteroatoms. The number of rotatable bonds is 1. The number of piperazine rings is 1. The Morgan fingerprint density at radius 3 is 3.12 bits per heavy atom. The van der Waals surface area contributed by atoms with Crippen molar-refractivity contribution in [3.63, 3.8) is 0 Å². The van der Waals surface area contributed by atoms with Gasteiger partial charge in [0.25, 0.3) is 0 Å². The molecule has 0 aliphatic carbocycles. The molecule has 2 aromatic rings. The van der Waals surface area contributed by atoms with Crippen LogP contribution in [0.4, 0.5) is 0 Å². The maximum Gasteiger partial charge on any atom is 0.0679 e. The predicted octanol–water partition coefficient (Wildman–Crippen LogP) is 0.807. The van der Waals surface area contributed by atoms with Gasteiger partial charge < -0.3 is 10.6 Å². The van der Waals surface area contributed by atoms with E-state index in [-0.39, 0.29) is 0 Å². The first kappa shape index (κ1) is 9.81. The Morgan fingerprint density at radius 1 is 1.38 bits per heavy atom. The second-order valence-corrected chi connectivity index (χ2v) is 4.30. The van der Waals surface area contributed by atoms with Crippen molar-refractivity contribution in [2.45, 2.75) is 6.04 Å². The zero-order chi connectivity index (χ0) is 11.0. The molecule has 0 amide bonds. The van der Waals surface area contributed by atoms with Crippen LogP contribution in [0.1, 0.15) is 11.6 Å². The summed E-state index contributed by atoms with van der Waals surface area (Å²) in [7, 11) is 1.97. The molecule has 1 aliphatic rings. The molecular formula is C12H16N4. The number of fused-ring (bicyclic) bond motifs is 1. The first-order chi connectivity index (χ1) is 7.84. The highest BCUT2D eigenvalue weighted by Gasteiger charge is 2.14. The van der Waals surface area contributed by atoms with Crippen LogP contribution in [0.25, 0.3) is 10.9 Å². The molecule has 1 aromatic heterocycles. The van der Waals surface area contributed by atoms with Crippen molar-refractivity contribution in [3.8, 4) is 0 Å². The van der Waals surface area contributed by atoms with E-state index in [2.05, 4.69) is 33.9 Å². The van der Waals surface area contributed by atoms with Gasteiger partial charge in [-0.3, -0.25) is 4.68 Å². The molecule has 2 N–H and O–H groups in total. The van der Waals surface area contributed by atoms with Crippen molar-refractivity contribution in [2.75, 3.05) is 19.6 Å². The molecule has 1 saturated heterocycles. The number of nitrogens with one attached hydrogen (secondary N) is 2. The number of aromatic nitrogens is 2. The number of benzene rings is 1. The fraction of sp³-hybridized carbons (Fsp3) is 0.417. The van der Waals surface area contributed by atoms with E-state index in [1.54, 1.807) is 0 Å².